The molecule has 2 unspecified atom stereocenters. The number of rotatable bonds is 60. The van der Waals surface area contributed by atoms with Gasteiger partial charge < -0.3 is 18.9 Å². The van der Waals surface area contributed by atoms with Crippen molar-refractivity contribution in [3.63, 3.8) is 0 Å². The second-order valence-corrected chi connectivity index (χ2v) is 24.5. The lowest BCUT2D eigenvalue weighted by Gasteiger charge is -2.24. The molecular weight excluding hydrogens is 1130 g/mol. The summed E-state index contributed by atoms with van der Waals surface area (Å²) in [5, 5.41) is 0. The zero-order chi connectivity index (χ0) is 65.5. The third-order valence-electron chi connectivity index (χ3n) is 13.5. The van der Waals surface area contributed by atoms with Crippen molar-refractivity contribution in [2.75, 3.05) is 47.5 Å². The number of phosphoric ester groups is 1. The number of phosphoric acid groups is 1. The summed E-state index contributed by atoms with van der Waals surface area (Å²) in [6, 6.07) is 0. The summed E-state index contributed by atoms with van der Waals surface area (Å²) in [7, 11) is 1.41. The zero-order valence-corrected chi connectivity index (χ0v) is 57.9. The van der Waals surface area contributed by atoms with Gasteiger partial charge in [-0.15, -0.1) is 0 Å². The van der Waals surface area contributed by atoms with Crippen LogP contribution in [0.1, 0.15) is 219 Å². The molecule has 0 amide bonds. The molecule has 502 valence electrons. The first-order valence-corrected chi connectivity index (χ1v) is 36.0. The predicted octanol–water partition coefficient (Wildman–Crippen LogP) is 22.8. The van der Waals surface area contributed by atoms with Crippen molar-refractivity contribution in [2.24, 2.45) is 0 Å². The normalized spacial score (nSPS) is 14.5. The lowest BCUT2D eigenvalue weighted by molar-refractivity contribution is -0.870. The monoisotopic (exact) mass is 1260 g/mol. The highest BCUT2D eigenvalue weighted by molar-refractivity contribution is 7.47. The Morgan fingerprint density at radius 2 is 0.600 bits per heavy atom. The number of quaternary nitrogens is 1. The van der Waals surface area contributed by atoms with Crippen molar-refractivity contribution in [3.8, 4) is 0 Å². The lowest BCUT2D eigenvalue weighted by Crippen LogP contribution is -2.37. The van der Waals surface area contributed by atoms with Gasteiger partial charge in [-0.1, -0.05) is 271 Å². The number of hydrogen-bond donors (Lipinski definition) is 1. The van der Waals surface area contributed by atoms with E-state index in [0.29, 0.717) is 23.9 Å². The Bertz CT molecular complexity index is 2320. The van der Waals surface area contributed by atoms with Gasteiger partial charge in [-0.3, -0.25) is 18.6 Å². The minimum absolute atomic E-state index is 0.00975. The summed E-state index contributed by atoms with van der Waals surface area (Å²) in [6.07, 6.45) is 109. The minimum atomic E-state index is -4.42. The summed E-state index contributed by atoms with van der Waals surface area (Å²) in [4.78, 5) is 35.8. The van der Waals surface area contributed by atoms with E-state index in [4.69, 9.17) is 18.5 Å². The van der Waals surface area contributed by atoms with Gasteiger partial charge in [0.25, 0.3) is 0 Å². The first-order valence-electron chi connectivity index (χ1n) is 34.5. The average Bonchev–Trinajstić information content (AvgIpc) is 3.58. The number of hydrogen-bond acceptors (Lipinski definition) is 7. The van der Waals surface area contributed by atoms with Gasteiger partial charge in [0.1, 0.15) is 19.8 Å². The molecule has 0 rings (SSSR count). The summed E-state index contributed by atoms with van der Waals surface area (Å²) < 4.78 is 34.6. The molecule has 10 heteroatoms. The molecule has 2 atom stereocenters. The number of carbonyl (C=O) groups is 2. The number of esters is 2. The molecule has 0 bridgehead atoms. The molecular formula is C80H125NO8P+. The number of ether oxygens (including phenoxy) is 2. The van der Waals surface area contributed by atoms with Crippen LogP contribution >= 0.6 is 7.82 Å². The molecule has 90 heavy (non-hydrogen) atoms. The Morgan fingerprint density at radius 3 is 0.911 bits per heavy atom. The molecule has 0 aliphatic rings. The SMILES string of the molecule is CC/C=C\C/C=C\C/C=C\C/C=C\C/C=C\C/C=C\C/C=C\C/C=C\C/C=C\C/C=C\CCCCCCCCCCC(=O)OC(COC(=O)CCCC/C=C\C/C=C\C/C=C\C/C=C\C/C=C\C/C=C\C/C=C\C/C=C\CC)COP(=O)(O)OCC[N+](C)(C)C. The van der Waals surface area contributed by atoms with Gasteiger partial charge in [-0.05, 0) is 154 Å². The second kappa shape index (κ2) is 67.7. The highest BCUT2D eigenvalue weighted by atomic mass is 31.2. The average molecular weight is 1260 g/mol. The Labute approximate surface area is 550 Å². The van der Waals surface area contributed by atoms with E-state index in [1.54, 1.807) is 0 Å². The van der Waals surface area contributed by atoms with Gasteiger partial charge >= 0.3 is 19.8 Å². The van der Waals surface area contributed by atoms with Crippen molar-refractivity contribution >= 4 is 19.8 Å². The van der Waals surface area contributed by atoms with E-state index in [2.05, 4.69) is 233 Å². The van der Waals surface area contributed by atoms with Crippen LogP contribution in [0.15, 0.2) is 219 Å². The fraction of sp³-hybridized carbons (Fsp3) is 0.525. The standard InChI is InChI=1S/C80H124NO8P/c1-6-8-10-12-14-16-18-20-22-24-26-28-30-32-34-35-36-37-38-39-40-41-42-43-44-45-47-49-51-53-55-57-59-61-63-65-67-69-71-73-80(83)89-78(77-88-90(84,85)87-75-74-81(3,4)5)76-86-79(82)72-70-68-66-64-62-60-58-56-54-52-50-48-46-33-31-29-27-25-23-21-19-17-15-13-11-9-7-2/h8-11,14-17,20-23,26-29,32-34,36-37,39-40,42-43,45-47,50-53,56,58,62,64,78H,6-7,12-13,18-19,24-25,30-31,35,38,41,44,48-49,54-55,57,59-61,63,65-77H2,1-5H3/p+1/b10-8-,11-9-,16-14-,17-15-,22-20-,23-21-,28-26-,29-27-,34-32-,37-36-,40-39-,43-42-,46-33-,47-45-,52-50-,53-51-,58-56-,64-62-. The van der Waals surface area contributed by atoms with Crippen LogP contribution in [0.2, 0.25) is 0 Å². The van der Waals surface area contributed by atoms with Crippen LogP contribution in [-0.4, -0.2) is 74.9 Å². The first-order chi connectivity index (χ1) is 44.0. The van der Waals surface area contributed by atoms with Crippen LogP contribution in [0.3, 0.4) is 0 Å². The predicted molar refractivity (Wildman–Crippen MR) is 389 cm³/mol. The molecule has 0 saturated carbocycles. The number of unbranched alkanes of at least 4 members (excludes halogenated alkanes) is 10. The molecule has 0 heterocycles. The molecule has 0 aliphatic heterocycles. The van der Waals surface area contributed by atoms with Gasteiger partial charge in [-0.25, -0.2) is 4.57 Å². The maximum Gasteiger partial charge on any atom is 0.472 e. The van der Waals surface area contributed by atoms with Crippen molar-refractivity contribution in [3.05, 3.63) is 219 Å². The van der Waals surface area contributed by atoms with Gasteiger partial charge in [0, 0.05) is 12.8 Å². The van der Waals surface area contributed by atoms with E-state index in [1.165, 1.54) is 25.7 Å². The molecule has 9 nitrogen and oxygen atoms in total. The van der Waals surface area contributed by atoms with Gasteiger partial charge in [0.2, 0.25) is 0 Å². The van der Waals surface area contributed by atoms with Crippen LogP contribution in [0.4, 0.5) is 0 Å². The topological polar surface area (TPSA) is 108 Å². The summed E-state index contributed by atoms with van der Waals surface area (Å²) in [6.45, 7) is 4.11. The highest BCUT2D eigenvalue weighted by Crippen LogP contribution is 2.43. The van der Waals surface area contributed by atoms with E-state index in [9.17, 15) is 19.0 Å². The Morgan fingerprint density at radius 1 is 0.344 bits per heavy atom. The van der Waals surface area contributed by atoms with Crippen molar-refractivity contribution in [2.45, 2.75) is 225 Å². The largest absolute Gasteiger partial charge is 0.472 e. The van der Waals surface area contributed by atoms with E-state index in [0.717, 1.165) is 154 Å². The third kappa shape index (κ3) is 71.4. The highest BCUT2D eigenvalue weighted by Gasteiger charge is 2.27. The van der Waals surface area contributed by atoms with E-state index in [1.807, 2.05) is 21.1 Å². The molecule has 0 fully saturated rings. The van der Waals surface area contributed by atoms with E-state index < -0.39 is 32.5 Å². The second-order valence-electron chi connectivity index (χ2n) is 23.1. The molecule has 0 saturated heterocycles. The fourth-order valence-corrected chi connectivity index (χ4v) is 9.03. The summed E-state index contributed by atoms with van der Waals surface area (Å²) >= 11 is 0. The number of likely N-dealkylation sites (N-methyl/N-ethyl adjacent to an activating group) is 1. The van der Waals surface area contributed by atoms with Gasteiger partial charge in [0.15, 0.2) is 6.10 Å². The van der Waals surface area contributed by atoms with Gasteiger partial charge in [-0.2, -0.15) is 0 Å². The fourth-order valence-electron chi connectivity index (χ4n) is 8.29. The number of carbonyl (C=O) groups excluding carboxylic acids is 2. The molecule has 0 spiro atoms. The molecule has 0 aromatic carbocycles. The Balaban J connectivity index is 4.24. The third-order valence-corrected chi connectivity index (χ3v) is 14.5. The van der Waals surface area contributed by atoms with Crippen LogP contribution in [0, 0.1) is 0 Å². The first kappa shape index (κ1) is 84.3. The van der Waals surface area contributed by atoms with Crippen molar-refractivity contribution in [1.29, 1.82) is 0 Å². The molecule has 0 aliphatic carbocycles. The molecule has 0 radical (unpaired) electrons. The maximum absolute atomic E-state index is 12.9. The lowest BCUT2D eigenvalue weighted by atomic mass is 10.1. The Kier molecular flexibility index (Phi) is 63.4. The van der Waals surface area contributed by atoms with E-state index >= 15 is 0 Å². The zero-order valence-electron chi connectivity index (χ0n) is 57.0. The van der Waals surface area contributed by atoms with E-state index in [-0.39, 0.29) is 26.1 Å². The molecule has 1 N–H and O–H groups in total. The molecule has 0 aromatic heterocycles. The maximum atomic E-state index is 12.9. The Hall–Kier alpha value is -5.67. The van der Waals surface area contributed by atoms with Crippen molar-refractivity contribution < 1.29 is 42.1 Å². The van der Waals surface area contributed by atoms with Crippen LogP contribution in [-0.2, 0) is 32.7 Å². The summed E-state index contributed by atoms with van der Waals surface area (Å²) in [5.41, 5.74) is 0. The quantitative estimate of drug-likeness (QED) is 0.0211. The minimum Gasteiger partial charge on any atom is -0.462 e. The molecule has 0 aromatic rings. The van der Waals surface area contributed by atoms with Crippen molar-refractivity contribution in [1.82, 2.24) is 0 Å². The smallest absolute Gasteiger partial charge is 0.462 e. The van der Waals surface area contributed by atoms with Crippen LogP contribution < -0.4 is 0 Å². The van der Waals surface area contributed by atoms with Crippen LogP contribution in [0.5, 0.6) is 0 Å². The summed E-state index contributed by atoms with van der Waals surface area (Å²) in [5.74, 6) is -0.877. The number of nitrogens with zero attached hydrogens (tertiary/aromatic N) is 1. The van der Waals surface area contributed by atoms with Gasteiger partial charge in [0.05, 0.1) is 27.7 Å². The van der Waals surface area contributed by atoms with Crippen LogP contribution in [0.25, 0.3) is 0 Å². The number of allylic oxidation sites excluding steroid dienone is 36.